The average molecular weight is 254 g/mol. The van der Waals surface area contributed by atoms with Crippen molar-refractivity contribution in [3.8, 4) is 0 Å². The van der Waals surface area contributed by atoms with Crippen LogP contribution in [0.5, 0.6) is 0 Å². The van der Waals surface area contributed by atoms with Gasteiger partial charge in [-0.25, -0.2) is 0 Å². The third-order valence-corrected chi connectivity index (χ3v) is 3.94. The van der Waals surface area contributed by atoms with Crippen LogP contribution in [0.4, 0.5) is 0 Å². The van der Waals surface area contributed by atoms with Crippen LogP contribution in [0.2, 0.25) is 0 Å². The fourth-order valence-corrected chi connectivity index (χ4v) is 2.77. The number of rotatable bonds is 6. The molecule has 0 aromatic rings. The molecule has 1 aliphatic carbocycles. The minimum absolute atomic E-state index is 0.768. The minimum Gasteiger partial charge on any atom is -0.381 e. The van der Waals surface area contributed by atoms with Crippen LogP contribution in [0, 0.1) is 17.8 Å². The Balaban J connectivity index is 1.58. The first-order valence-electron chi connectivity index (χ1n) is 7.75. The first-order valence-corrected chi connectivity index (χ1v) is 7.75. The van der Waals surface area contributed by atoms with E-state index in [1.54, 1.807) is 0 Å². The summed E-state index contributed by atoms with van der Waals surface area (Å²) >= 11 is 0. The maximum atomic E-state index is 5.72. The van der Waals surface area contributed by atoms with Gasteiger partial charge >= 0.3 is 0 Å². The summed E-state index contributed by atoms with van der Waals surface area (Å²) in [5, 5.41) is 3.55. The van der Waals surface area contributed by atoms with Gasteiger partial charge in [0.05, 0.1) is 0 Å². The van der Waals surface area contributed by atoms with Crippen molar-refractivity contribution < 1.29 is 4.74 Å². The molecule has 2 aliphatic rings. The van der Waals surface area contributed by atoms with E-state index in [0.29, 0.717) is 0 Å². The maximum absolute atomic E-state index is 5.72. The second kappa shape index (κ2) is 7.46. The quantitative estimate of drug-likeness (QED) is 0.734. The Hall–Kier alpha value is -0.120. The van der Waals surface area contributed by atoms with Crippen molar-refractivity contribution in [1.29, 1.82) is 0 Å². The van der Waals surface area contributed by atoms with E-state index in [-0.39, 0.29) is 0 Å². The third kappa shape index (κ3) is 5.68. The zero-order valence-electron chi connectivity index (χ0n) is 12.2. The average Bonchev–Trinajstić information content (AvgIpc) is 3.10. The molecule has 106 valence electrons. The second-order valence-corrected chi connectivity index (χ2v) is 6.50. The molecule has 18 heavy (non-hydrogen) atoms. The molecule has 0 bridgehead atoms. The molecule has 0 spiro atoms. The lowest BCUT2D eigenvalue weighted by Gasteiger charge is -2.31. The van der Waals surface area contributed by atoms with Gasteiger partial charge in [-0.05, 0) is 50.1 Å². The van der Waals surface area contributed by atoms with Crippen LogP contribution in [0.25, 0.3) is 0 Å². The molecule has 1 saturated carbocycles. The molecular weight excluding hydrogens is 224 g/mol. The van der Waals surface area contributed by atoms with Gasteiger partial charge in [-0.2, -0.15) is 0 Å². The lowest BCUT2D eigenvalue weighted by molar-refractivity contribution is 0.105. The number of hydrogen-bond donors (Lipinski definition) is 1. The van der Waals surface area contributed by atoms with Crippen LogP contribution in [-0.2, 0) is 4.74 Å². The van der Waals surface area contributed by atoms with Gasteiger partial charge in [0, 0.05) is 32.8 Å². The summed E-state index contributed by atoms with van der Waals surface area (Å²) in [6.07, 6.45) is 3.99. The highest BCUT2D eigenvalue weighted by Crippen LogP contribution is 2.28. The summed E-state index contributed by atoms with van der Waals surface area (Å²) in [5.41, 5.74) is 0. The van der Waals surface area contributed by atoms with Gasteiger partial charge in [-0.3, -0.25) is 0 Å². The highest BCUT2D eigenvalue weighted by Gasteiger charge is 2.21. The zero-order valence-corrected chi connectivity index (χ0v) is 12.2. The molecule has 1 N–H and O–H groups in total. The lowest BCUT2D eigenvalue weighted by atomic mass is 10.1. The molecular formula is C15H30N2O. The van der Waals surface area contributed by atoms with Gasteiger partial charge in [0.1, 0.15) is 0 Å². The second-order valence-electron chi connectivity index (χ2n) is 6.50. The summed E-state index contributed by atoms with van der Waals surface area (Å²) in [5.74, 6) is 2.44. The monoisotopic (exact) mass is 254 g/mol. The van der Waals surface area contributed by atoms with Crippen LogP contribution in [0.1, 0.15) is 33.1 Å². The Kier molecular flexibility index (Phi) is 5.93. The van der Waals surface area contributed by atoms with Gasteiger partial charge in [0.25, 0.3) is 0 Å². The molecule has 3 nitrogen and oxygen atoms in total. The lowest BCUT2D eigenvalue weighted by Crippen LogP contribution is -2.43. The first-order chi connectivity index (χ1) is 8.74. The van der Waals surface area contributed by atoms with Crippen LogP contribution in [0.15, 0.2) is 0 Å². The van der Waals surface area contributed by atoms with E-state index in [1.807, 2.05) is 0 Å². The van der Waals surface area contributed by atoms with E-state index in [9.17, 15) is 0 Å². The SMILES string of the molecule is CC1CNCC(C)CN(CCCOCC2CC2)C1. The van der Waals surface area contributed by atoms with Gasteiger partial charge in [-0.15, -0.1) is 0 Å². The Morgan fingerprint density at radius 2 is 1.78 bits per heavy atom. The molecule has 1 heterocycles. The molecule has 2 unspecified atom stereocenters. The van der Waals surface area contributed by atoms with Crippen molar-refractivity contribution in [2.24, 2.45) is 17.8 Å². The Morgan fingerprint density at radius 1 is 1.11 bits per heavy atom. The predicted molar refractivity (Wildman–Crippen MR) is 75.8 cm³/mol. The standard InChI is InChI=1S/C15H30N2O/c1-13-8-16-9-14(2)11-17(10-13)6-3-7-18-12-15-4-5-15/h13-16H,3-12H2,1-2H3. The Morgan fingerprint density at radius 3 is 2.39 bits per heavy atom. The summed E-state index contributed by atoms with van der Waals surface area (Å²) in [7, 11) is 0. The predicted octanol–water partition coefficient (Wildman–Crippen LogP) is 1.98. The molecule has 1 aliphatic heterocycles. The summed E-state index contributed by atoms with van der Waals surface area (Å²) < 4.78 is 5.72. The molecule has 0 aromatic heterocycles. The number of hydrogen-bond acceptors (Lipinski definition) is 3. The van der Waals surface area contributed by atoms with E-state index in [4.69, 9.17) is 4.74 Å². The summed E-state index contributed by atoms with van der Waals surface area (Å²) in [6.45, 7) is 12.7. The topological polar surface area (TPSA) is 24.5 Å². The molecule has 0 aromatic carbocycles. The van der Waals surface area contributed by atoms with Crippen molar-refractivity contribution in [3.63, 3.8) is 0 Å². The molecule has 0 amide bonds. The van der Waals surface area contributed by atoms with Crippen LogP contribution in [-0.4, -0.2) is 50.8 Å². The highest BCUT2D eigenvalue weighted by molar-refractivity contribution is 4.73. The zero-order chi connectivity index (χ0) is 12.8. The van der Waals surface area contributed by atoms with Crippen LogP contribution < -0.4 is 5.32 Å². The van der Waals surface area contributed by atoms with E-state index in [2.05, 4.69) is 24.1 Å². The fourth-order valence-electron chi connectivity index (χ4n) is 2.77. The van der Waals surface area contributed by atoms with Crippen molar-refractivity contribution in [3.05, 3.63) is 0 Å². The molecule has 2 fully saturated rings. The van der Waals surface area contributed by atoms with Gasteiger partial charge in [-0.1, -0.05) is 13.8 Å². The smallest absolute Gasteiger partial charge is 0.0494 e. The molecule has 2 rings (SSSR count). The molecule has 3 heteroatoms. The van der Waals surface area contributed by atoms with Gasteiger partial charge in [0.2, 0.25) is 0 Å². The van der Waals surface area contributed by atoms with Crippen molar-refractivity contribution in [2.75, 3.05) is 45.9 Å². The van der Waals surface area contributed by atoms with Crippen molar-refractivity contribution >= 4 is 0 Å². The van der Waals surface area contributed by atoms with E-state index < -0.39 is 0 Å². The largest absolute Gasteiger partial charge is 0.381 e. The molecule has 2 atom stereocenters. The Bertz CT molecular complexity index is 219. The van der Waals surface area contributed by atoms with Crippen molar-refractivity contribution in [2.45, 2.75) is 33.1 Å². The third-order valence-electron chi connectivity index (χ3n) is 3.94. The van der Waals surface area contributed by atoms with Crippen molar-refractivity contribution in [1.82, 2.24) is 10.2 Å². The first kappa shape index (κ1) is 14.3. The van der Waals surface area contributed by atoms with Crippen LogP contribution in [0.3, 0.4) is 0 Å². The number of nitrogens with one attached hydrogen (secondary N) is 1. The minimum atomic E-state index is 0.768. The normalized spacial score (nSPS) is 31.0. The summed E-state index contributed by atoms with van der Waals surface area (Å²) in [6, 6.07) is 0. The van der Waals surface area contributed by atoms with Gasteiger partial charge in [0.15, 0.2) is 0 Å². The fraction of sp³-hybridized carbons (Fsp3) is 1.00. The van der Waals surface area contributed by atoms with Crippen LogP contribution >= 0.6 is 0 Å². The maximum Gasteiger partial charge on any atom is 0.0494 e. The van der Waals surface area contributed by atoms with E-state index in [0.717, 1.165) is 31.0 Å². The number of ether oxygens (including phenoxy) is 1. The van der Waals surface area contributed by atoms with E-state index in [1.165, 1.54) is 52.0 Å². The highest BCUT2D eigenvalue weighted by atomic mass is 16.5. The Labute approximate surface area is 112 Å². The number of nitrogens with zero attached hydrogens (tertiary/aromatic N) is 1. The summed E-state index contributed by atoms with van der Waals surface area (Å²) in [4.78, 5) is 2.64. The molecule has 1 saturated heterocycles. The molecule has 0 radical (unpaired) electrons. The van der Waals surface area contributed by atoms with Gasteiger partial charge < -0.3 is 15.0 Å². The van der Waals surface area contributed by atoms with E-state index >= 15 is 0 Å².